The zero-order valence-electron chi connectivity index (χ0n) is 31.5. The first-order valence-electron chi connectivity index (χ1n) is 19.0. The molecule has 3 aliphatic heterocycles. The van der Waals surface area contributed by atoms with Gasteiger partial charge in [0.05, 0.1) is 42.2 Å². The minimum absolute atomic E-state index is 0.0437. The van der Waals surface area contributed by atoms with E-state index in [0.29, 0.717) is 50.0 Å². The molecule has 0 spiro atoms. The summed E-state index contributed by atoms with van der Waals surface area (Å²) in [6.45, 7) is 2.34. The first kappa shape index (κ1) is 36.5. The molecule has 0 saturated carbocycles. The largest absolute Gasteiger partial charge is 0.492 e. The van der Waals surface area contributed by atoms with Crippen molar-refractivity contribution >= 4 is 51.1 Å². The van der Waals surface area contributed by atoms with Crippen molar-refractivity contribution in [1.82, 2.24) is 29.7 Å². The SMILES string of the molecule is Cn1c2ccncc2c2ccc(-c3ccc(OCCCOc4ccc(C#CCOC5CN(c6ccc7c(c6)C(=O)N(C6CCC(=O)NC6=O)C7=O)C5)nc4)nc3)cc21. The summed E-state index contributed by atoms with van der Waals surface area (Å²) in [6.07, 6.45) is 8.01. The lowest BCUT2D eigenvalue weighted by Gasteiger charge is -2.40. The van der Waals surface area contributed by atoms with Crippen LogP contribution in [-0.4, -0.2) is 93.1 Å². The fourth-order valence-corrected chi connectivity index (χ4v) is 7.53. The Bertz CT molecular complexity index is 2660. The number of nitrogens with one attached hydrogen (secondary N) is 1. The van der Waals surface area contributed by atoms with E-state index in [0.717, 1.165) is 38.1 Å². The topological polar surface area (TPSA) is 158 Å². The van der Waals surface area contributed by atoms with Gasteiger partial charge in [-0.3, -0.25) is 34.4 Å². The maximum Gasteiger partial charge on any atom is 0.262 e. The Labute approximate surface area is 332 Å². The minimum Gasteiger partial charge on any atom is -0.492 e. The number of carbonyl (C=O) groups is 4. The van der Waals surface area contributed by atoms with Crippen molar-refractivity contribution in [2.75, 3.05) is 37.8 Å². The zero-order valence-corrected chi connectivity index (χ0v) is 31.5. The Kier molecular flexibility index (Phi) is 9.72. The lowest BCUT2D eigenvalue weighted by atomic mass is 10.0. The summed E-state index contributed by atoms with van der Waals surface area (Å²) >= 11 is 0. The van der Waals surface area contributed by atoms with Crippen molar-refractivity contribution in [1.29, 1.82) is 0 Å². The molecule has 2 fully saturated rings. The molecule has 9 rings (SSSR count). The summed E-state index contributed by atoms with van der Waals surface area (Å²) in [4.78, 5) is 66.2. The van der Waals surface area contributed by atoms with E-state index in [1.165, 1.54) is 5.39 Å². The number of aryl methyl sites for hydroxylation is 1. The van der Waals surface area contributed by atoms with E-state index < -0.39 is 29.7 Å². The summed E-state index contributed by atoms with van der Waals surface area (Å²) in [5.74, 6) is 5.12. The van der Waals surface area contributed by atoms with E-state index in [1.54, 1.807) is 30.5 Å². The fourth-order valence-electron chi connectivity index (χ4n) is 7.53. The van der Waals surface area contributed by atoms with Crippen molar-refractivity contribution in [3.8, 4) is 34.6 Å². The zero-order chi connectivity index (χ0) is 39.8. The molecule has 3 aliphatic rings. The van der Waals surface area contributed by atoms with Gasteiger partial charge >= 0.3 is 0 Å². The Balaban J connectivity index is 0.681. The molecule has 290 valence electrons. The minimum atomic E-state index is -0.993. The molecular formula is C44H37N7O7. The number of hydrogen-bond acceptors (Lipinski definition) is 11. The molecule has 1 unspecified atom stereocenters. The van der Waals surface area contributed by atoms with Gasteiger partial charge in [0, 0.05) is 85.2 Å². The molecule has 2 saturated heterocycles. The maximum absolute atomic E-state index is 13.2. The van der Waals surface area contributed by atoms with Gasteiger partial charge in [0.1, 0.15) is 24.1 Å². The molecular weight excluding hydrogens is 739 g/mol. The molecule has 0 bridgehead atoms. The normalized spacial score (nSPS) is 16.6. The van der Waals surface area contributed by atoms with Gasteiger partial charge in [0.25, 0.3) is 11.8 Å². The summed E-state index contributed by atoms with van der Waals surface area (Å²) in [5.41, 5.74) is 6.27. The number of hydrogen-bond donors (Lipinski definition) is 1. The second-order valence-corrected chi connectivity index (χ2v) is 14.3. The fraction of sp³-hybridized carbons (Fsp3) is 0.250. The maximum atomic E-state index is 13.2. The lowest BCUT2D eigenvalue weighted by Crippen LogP contribution is -2.54. The van der Waals surface area contributed by atoms with Crippen LogP contribution in [0.2, 0.25) is 0 Å². The third kappa shape index (κ3) is 7.08. The number of rotatable bonds is 11. The number of ether oxygens (including phenoxy) is 3. The molecule has 0 radical (unpaired) electrons. The van der Waals surface area contributed by atoms with E-state index in [2.05, 4.69) is 61.9 Å². The number of aromatic nitrogens is 4. The second kappa shape index (κ2) is 15.4. The predicted molar refractivity (Wildman–Crippen MR) is 213 cm³/mol. The van der Waals surface area contributed by atoms with E-state index in [-0.39, 0.29) is 36.7 Å². The van der Waals surface area contributed by atoms with E-state index >= 15 is 0 Å². The highest BCUT2D eigenvalue weighted by molar-refractivity contribution is 6.23. The number of anilines is 1. The molecule has 4 aromatic heterocycles. The summed E-state index contributed by atoms with van der Waals surface area (Å²) < 4.78 is 19.8. The van der Waals surface area contributed by atoms with Crippen molar-refractivity contribution in [2.24, 2.45) is 7.05 Å². The van der Waals surface area contributed by atoms with Crippen molar-refractivity contribution in [3.05, 3.63) is 108 Å². The Morgan fingerprint density at radius 1 is 0.810 bits per heavy atom. The molecule has 1 N–H and O–H groups in total. The number of amides is 4. The highest BCUT2D eigenvalue weighted by Gasteiger charge is 2.45. The van der Waals surface area contributed by atoms with Crippen molar-refractivity contribution in [3.63, 3.8) is 0 Å². The molecule has 6 aromatic rings. The van der Waals surface area contributed by atoms with Crippen LogP contribution in [0.15, 0.2) is 91.5 Å². The average molecular weight is 776 g/mol. The number of imide groups is 2. The highest BCUT2D eigenvalue weighted by Crippen LogP contribution is 2.33. The van der Waals surface area contributed by atoms with Crippen LogP contribution in [-0.2, 0) is 21.4 Å². The van der Waals surface area contributed by atoms with E-state index in [4.69, 9.17) is 14.2 Å². The van der Waals surface area contributed by atoms with Gasteiger partial charge in [-0.1, -0.05) is 18.1 Å². The molecule has 0 aliphatic carbocycles. The Morgan fingerprint density at radius 2 is 1.66 bits per heavy atom. The van der Waals surface area contributed by atoms with Crippen LogP contribution in [0.4, 0.5) is 5.69 Å². The summed E-state index contributed by atoms with van der Waals surface area (Å²) in [7, 11) is 2.07. The number of carbonyl (C=O) groups excluding carboxylic acids is 4. The van der Waals surface area contributed by atoms with Gasteiger partial charge in [-0.2, -0.15) is 0 Å². The van der Waals surface area contributed by atoms with Crippen LogP contribution in [0.5, 0.6) is 11.6 Å². The van der Waals surface area contributed by atoms with Crippen molar-refractivity contribution in [2.45, 2.75) is 31.4 Å². The van der Waals surface area contributed by atoms with Crippen molar-refractivity contribution < 1.29 is 33.4 Å². The molecule has 14 nitrogen and oxygen atoms in total. The van der Waals surface area contributed by atoms with Crippen LogP contribution in [0, 0.1) is 11.8 Å². The number of fused-ring (bicyclic) bond motifs is 4. The van der Waals surface area contributed by atoms with Crippen LogP contribution in [0.25, 0.3) is 32.9 Å². The van der Waals surface area contributed by atoms with Gasteiger partial charge in [-0.25, -0.2) is 9.97 Å². The predicted octanol–water partition coefficient (Wildman–Crippen LogP) is 4.69. The third-order valence-corrected chi connectivity index (χ3v) is 10.7. The third-order valence-electron chi connectivity index (χ3n) is 10.7. The van der Waals surface area contributed by atoms with E-state index in [9.17, 15) is 19.2 Å². The smallest absolute Gasteiger partial charge is 0.262 e. The number of benzene rings is 2. The Hall–Kier alpha value is -7.11. The quantitative estimate of drug-likeness (QED) is 0.111. The average Bonchev–Trinajstić information content (AvgIpc) is 3.65. The van der Waals surface area contributed by atoms with Crippen LogP contribution >= 0.6 is 0 Å². The number of pyridine rings is 3. The summed E-state index contributed by atoms with van der Waals surface area (Å²) in [6, 6.07) is 20.1. The molecule has 2 aromatic carbocycles. The van der Waals surface area contributed by atoms with Crippen LogP contribution in [0.3, 0.4) is 0 Å². The Morgan fingerprint density at radius 3 is 2.47 bits per heavy atom. The first-order valence-corrected chi connectivity index (χ1v) is 19.0. The van der Waals surface area contributed by atoms with Gasteiger partial charge in [-0.05, 0) is 66.4 Å². The van der Waals surface area contributed by atoms with Gasteiger partial charge in [0.2, 0.25) is 17.7 Å². The number of piperidine rings is 1. The second-order valence-electron chi connectivity index (χ2n) is 14.3. The summed E-state index contributed by atoms with van der Waals surface area (Å²) in [5, 5.41) is 4.52. The molecule has 7 heterocycles. The standard InChI is InChI=1S/C44H37N7O7/c1-49-37-15-16-45-24-36(37)33-10-5-27(20-39(33)49)28-6-14-41(47-22-28)58-19-3-18-56-31-9-7-29(46-23-31)4-2-17-57-32-25-50(26-32)30-8-11-34-35(21-30)44(55)51(43(34)54)38-12-13-40(52)48-42(38)53/h5-11,14-16,20-24,32,38H,3,12-13,17-19,25-26H2,1H3,(H,48,52,53). The van der Waals surface area contributed by atoms with Crippen LogP contribution < -0.4 is 19.7 Å². The molecule has 4 amide bonds. The van der Waals surface area contributed by atoms with Crippen LogP contribution in [0.1, 0.15) is 45.7 Å². The van der Waals surface area contributed by atoms with Gasteiger partial charge in [0.15, 0.2) is 0 Å². The molecule has 1 atom stereocenters. The monoisotopic (exact) mass is 775 g/mol. The number of nitrogens with zero attached hydrogens (tertiary/aromatic N) is 6. The van der Waals surface area contributed by atoms with Gasteiger partial charge < -0.3 is 23.7 Å². The first-order chi connectivity index (χ1) is 28.3. The van der Waals surface area contributed by atoms with E-state index in [1.807, 2.05) is 47.8 Å². The molecule has 14 heteroatoms. The van der Waals surface area contributed by atoms with Gasteiger partial charge in [-0.15, -0.1) is 0 Å². The lowest BCUT2D eigenvalue weighted by molar-refractivity contribution is -0.136. The highest BCUT2D eigenvalue weighted by atomic mass is 16.5. The molecule has 58 heavy (non-hydrogen) atoms.